The summed E-state index contributed by atoms with van der Waals surface area (Å²) < 4.78 is 22.9. The zero-order chi connectivity index (χ0) is 22.8. The Labute approximate surface area is 183 Å². The van der Waals surface area contributed by atoms with E-state index >= 15 is 0 Å². The van der Waals surface area contributed by atoms with E-state index in [0.717, 1.165) is 5.56 Å². The first kappa shape index (κ1) is 21.2. The van der Waals surface area contributed by atoms with Crippen LogP contribution in [-0.4, -0.2) is 25.1 Å². The first-order valence-electron chi connectivity index (χ1n) is 10.1. The smallest absolute Gasteiger partial charge is 0.274 e. The first-order valence-corrected chi connectivity index (χ1v) is 10.1. The van der Waals surface area contributed by atoms with Gasteiger partial charge in [-0.25, -0.2) is 9.37 Å². The highest BCUT2D eigenvalue weighted by molar-refractivity contribution is 6.05. The molecule has 0 radical (unpaired) electrons. The molecule has 4 rings (SSSR count). The summed E-state index contributed by atoms with van der Waals surface area (Å²) in [5, 5.41) is 2.68. The number of carbonyl (C=O) groups excluding carboxylic acids is 1. The van der Waals surface area contributed by atoms with E-state index in [1.165, 1.54) is 28.8 Å². The zero-order valence-corrected chi connectivity index (χ0v) is 17.9. The van der Waals surface area contributed by atoms with Gasteiger partial charge in [-0.15, -0.1) is 0 Å². The molecule has 2 heterocycles. The van der Waals surface area contributed by atoms with Gasteiger partial charge >= 0.3 is 0 Å². The standard InChI is InChI=1S/C23H22FN5O3/c1-14(2)28-13-25-23-26-16(11-21(30)29(23)28)12-32-20-10-15(3)8-9-19(20)27-22(31)17-6-4-5-7-18(17)24/h4-11,13-14H,12H2,1-3H3,(H,27,31). The van der Waals surface area contributed by atoms with Crippen molar-refractivity contribution in [2.24, 2.45) is 0 Å². The van der Waals surface area contributed by atoms with Crippen LogP contribution in [0.25, 0.3) is 5.78 Å². The maximum Gasteiger partial charge on any atom is 0.274 e. The van der Waals surface area contributed by atoms with Gasteiger partial charge in [0.05, 0.1) is 16.9 Å². The number of ether oxygens (including phenoxy) is 1. The second-order valence-corrected chi connectivity index (χ2v) is 7.64. The minimum absolute atomic E-state index is 0.00764. The lowest BCUT2D eigenvalue weighted by Gasteiger charge is -2.14. The molecule has 0 aliphatic carbocycles. The summed E-state index contributed by atoms with van der Waals surface area (Å²) in [6.45, 7) is 5.76. The number of hydrogen-bond donors (Lipinski definition) is 1. The van der Waals surface area contributed by atoms with E-state index < -0.39 is 11.7 Å². The van der Waals surface area contributed by atoms with Gasteiger partial charge in [0.25, 0.3) is 17.2 Å². The summed E-state index contributed by atoms with van der Waals surface area (Å²) >= 11 is 0. The molecule has 1 N–H and O–H groups in total. The molecule has 0 unspecified atom stereocenters. The third-order valence-corrected chi connectivity index (χ3v) is 4.86. The molecular formula is C23H22FN5O3. The highest BCUT2D eigenvalue weighted by Crippen LogP contribution is 2.27. The molecule has 0 fully saturated rings. The van der Waals surface area contributed by atoms with Gasteiger partial charge in [-0.05, 0) is 50.6 Å². The molecule has 0 atom stereocenters. The fourth-order valence-corrected chi connectivity index (χ4v) is 3.25. The molecule has 164 valence electrons. The van der Waals surface area contributed by atoms with Gasteiger partial charge in [0.15, 0.2) is 0 Å². The molecule has 32 heavy (non-hydrogen) atoms. The van der Waals surface area contributed by atoms with E-state index in [4.69, 9.17) is 4.74 Å². The van der Waals surface area contributed by atoms with Gasteiger partial charge in [0, 0.05) is 12.1 Å². The molecule has 0 saturated heterocycles. The van der Waals surface area contributed by atoms with Gasteiger partial charge < -0.3 is 10.1 Å². The van der Waals surface area contributed by atoms with Crippen molar-refractivity contribution >= 4 is 17.4 Å². The number of nitrogens with one attached hydrogen (secondary N) is 1. The van der Waals surface area contributed by atoms with Crippen LogP contribution in [0.15, 0.2) is 59.7 Å². The van der Waals surface area contributed by atoms with Crippen molar-refractivity contribution in [2.75, 3.05) is 5.32 Å². The summed E-state index contributed by atoms with van der Waals surface area (Å²) in [5.74, 6) is -0.543. The third-order valence-electron chi connectivity index (χ3n) is 4.86. The van der Waals surface area contributed by atoms with Crippen molar-refractivity contribution in [3.63, 3.8) is 0 Å². The van der Waals surface area contributed by atoms with Crippen LogP contribution in [0, 0.1) is 12.7 Å². The lowest BCUT2D eigenvalue weighted by molar-refractivity contribution is 0.102. The molecule has 8 nitrogen and oxygen atoms in total. The number of carbonyl (C=O) groups is 1. The molecule has 0 aliphatic heterocycles. The number of hydrogen-bond acceptors (Lipinski definition) is 5. The number of amides is 1. The Balaban J connectivity index is 1.57. The number of rotatable bonds is 6. The molecule has 4 aromatic rings. The zero-order valence-electron chi connectivity index (χ0n) is 17.9. The monoisotopic (exact) mass is 435 g/mol. The largest absolute Gasteiger partial charge is 0.485 e. The normalized spacial score (nSPS) is 11.2. The van der Waals surface area contributed by atoms with Gasteiger partial charge in [0.1, 0.15) is 24.5 Å². The fraction of sp³-hybridized carbons (Fsp3) is 0.217. The van der Waals surface area contributed by atoms with Crippen LogP contribution in [-0.2, 0) is 6.61 Å². The number of aryl methyl sites for hydroxylation is 1. The quantitative estimate of drug-likeness (QED) is 0.498. The summed E-state index contributed by atoms with van der Waals surface area (Å²) in [6, 6.07) is 12.4. The second-order valence-electron chi connectivity index (χ2n) is 7.64. The van der Waals surface area contributed by atoms with Crippen LogP contribution in [0.5, 0.6) is 5.75 Å². The van der Waals surface area contributed by atoms with Crippen LogP contribution in [0.2, 0.25) is 0 Å². The molecule has 9 heteroatoms. The second kappa shape index (κ2) is 8.62. The Kier molecular flexibility index (Phi) is 5.72. The van der Waals surface area contributed by atoms with E-state index in [9.17, 15) is 14.0 Å². The molecule has 0 bridgehead atoms. The maximum absolute atomic E-state index is 14.0. The first-order chi connectivity index (χ1) is 15.3. The Bertz CT molecular complexity index is 1360. The van der Waals surface area contributed by atoms with Crippen molar-refractivity contribution < 1.29 is 13.9 Å². The molecular weight excluding hydrogens is 413 g/mol. The number of anilines is 1. The van der Waals surface area contributed by atoms with Crippen LogP contribution in [0.3, 0.4) is 0 Å². The summed E-state index contributed by atoms with van der Waals surface area (Å²) in [5.41, 5.74) is 1.35. The maximum atomic E-state index is 14.0. The average molecular weight is 435 g/mol. The predicted molar refractivity (Wildman–Crippen MR) is 117 cm³/mol. The number of halogens is 1. The van der Waals surface area contributed by atoms with E-state index in [1.54, 1.807) is 35.3 Å². The Morgan fingerprint density at radius 1 is 1.19 bits per heavy atom. The van der Waals surface area contributed by atoms with Gasteiger partial charge in [-0.1, -0.05) is 18.2 Å². The topological polar surface area (TPSA) is 90.5 Å². The fourth-order valence-electron chi connectivity index (χ4n) is 3.25. The number of benzene rings is 2. The summed E-state index contributed by atoms with van der Waals surface area (Å²) in [4.78, 5) is 33.7. The van der Waals surface area contributed by atoms with E-state index in [0.29, 0.717) is 17.1 Å². The lowest BCUT2D eigenvalue weighted by Crippen LogP contribution is -2.23. The molecule has 0 aliphatic rings. The Morgan fingerprint density at radius 3 is 2.72 bits per heavy atom. The predicted octanol–water partition coefficient (Wildman–Crippen LogP) is 3.75. The van der Waals surface area contributed by atoms with Crippen LogP contribution >= 0.6 is 0 Å². The van der Waals surface area contributed by atoms with Crippen LogP contribution < -0.4 is 15.6 Å². The van der Waals surface area contributed by atoms with Crippen molar-refractivity contribution in [1.82, 2.24) is 19.2 Å². The molecule has 0 spiro atoms. The average Bonchev–Trinajstić information content (AvgIpc) is 3.19. The van der Waals surface area contributed by atoms with E-state index in [1.807, 2.05) is 20.8 Å². The number of fused-ring (bicyclic) bond motifs is 1. The van der Waals surface area contributed by atoms with Crippen molar-refractivity contribution in [3.05, 3.63) is 87.9 Å². The van der Waals surface area contributed by atoms with Crippen molar-refractivity contribution in [3.8, 4) is 5.75 Å². The Morgan fingerprint density at radius 2 is 1.97 bits per heavy atom. The highest BCUT2D eigenvalue weighted by Gasteiger charge is 2.15. The van der Waals surface area contributed by atoms with E-state index in [2.05, 4.69) is 15.3 Å². The molecule has 2 aromatic heterocycles. The van der Waals surface area contributed by atoms with Gasteiger partial charge in [0.2, 0.25) is 0 Å². The number of aromatic nitrogens is 4. The highest BCUT2D eigenvalue weighted by atomic mass is 19.1. The third kappa shape index (κ3) is 4.22. The SMILES string of the molecule is Cc1ccc(NC(=O)c2ccccc2F)c(OCc2cc(=O)n3c(ncn3C(C)C)n2)c1. The minimum atomic E-state index is -0.613. The summed E-state index contributed by atoms with van der Waals surface area (Å²) in [6.07, 6.45) is 1.57. The molecule has 1 amide bonds. The molecule has 2 aromatic carbocycles. The van der Waals surface area contributed by atoms with Crippen LogP contribution in [0.4, 0.5) is 10.1 Å². The van der Waals surface area contributed by atoms with Gasteiger partial charge in [-0.3, -0.25) is 14.3 Å². The number of nitrogens with zero attached hydrogens (tertiary/aromatic N) is 4. The van der Waals surface area contributed by atoms with Gasteiger partial charge in [-0.2, -0.15) is 9.50 Å². The van der Waals surface area contributed by atoms with Crippen molar-refractivity contribution in [2.45, 2.75) is 33.4 Å². The Hall–Kier alpha value is -4.01. The summed E-state index contributed by atoms with van der Waals surface area (Å²) in [7, 11) is 0. The van der Waals surface area contributed by atoms with E-state index in [-0.39, 0.29) is 29.5 Å². The van der Waals surface area contributed by atoms with Crippen molar-refractivity contribution in [1.29, 1.82) is 0 Å². The minimum Gasteiger partial charge on any atom is -0.485 e. The lowest BCUT2D eigenvalue weighted by atomic mass is 10.1. The molecule has 0 saturated carbocycles. The van der Waals surface area contributed by atoms with Crippen LogP contribution in [0.1, 0.15) is 41.5 Å².